The van der Waals surface area contributed by atoms with Crippen molar-refractivity contribution in [3.63, 3.8) is 0 Å². The van der Waals surface area contributed by atoms with Gasteiger partial charge in [-0.25, -0.2) is 9.67 Å². The molecule has 0 fully saturated rings. The summed E-state index contributed by atoms with van der Waals surface area (Å²) in [7, 11) is 0. The van der Waals surface area contributed by atoms with Gasteiger partial charge in [-0.15, -0.1) is 11.3 Å². The largest absolute Gasteiger partial charge is 0.486 e. The summed E-state index contributed by atoms with van der Waals surface area (Å²) >= 11 is 5.04. The predicted molar refractivity (Wildman–Crippen MR) is 125 cm³/mol. The highest BCUT2D eigenvalue weighted by Gasteiger charge is 2.12. The average Bonchev–Trinajstić information content (AvgIpc) is 3.38. The molecule has 2 heterocycles. The zero-order valence-corrected chi connectivity index (χ0v) is 19.3. The van der Waals surface area contributed by atoms with E-state index in [4.69, 9.17) is 4.74 Å². The van der Waals surface area contributed by atoms with Crippen molar-refractivity contribution in [1.29, 1.82) is 0 Å². The molecule has 0 aliphatic carbocycles. The van der Waals surface area contributed by atoms with Gasteiger partial charge in [-0.05, 0) is 30.7 Å². The van der Waals surface area contributed by atoms with E-state index in [1.165, 1.54) is 16.9 Å². The summed E-state index contributed by atoms with van der Waals surface area (Å²) in [4.78, 5) is 17.1. The van der Waals surface area contributed by atoms with Crippen molar-refractivity contribution in [2.45, 2.75) is 26.5 Å². The van der Waals surface area contributed by atoms with Crippen LogP contribution in [0.2, 0.25) is 0 Å². The molecule has 31 heavy (non-hydrogen) atoms. The first-order chi connectivity index (χ1) is 15.1. The maximum atomic E-state index is 12.5. The number of ether oxygens (including phenoxy) is 1. The molecule has 2 aromatic carbocycles. The van der Waals surface area contributed by atoms with Crippen LogP contribution in [0.25, 0.3) is 0 Å². The topological polar surface area (TPSA) is 69.0 Å². The van der Waals surface area contributed by atoms with Gasteiger partial charge in [0.05, 0.1) is 24.9 Å². The number of anilines is 1. The van der Waals surface area contributed by atoms with E-state index in [-0.39, 0.29) is 12.3 Å². The van der Waals surface area contributed by atoms with E-state index < -0.39 is 0 Å². The standard InChI is InChI=1S/C23H21BrN4O2S/c1-16-6-8-19(9-7-16)30-14-23-26-18(15-31-23)12-22(29)27-21-10-11-25-28(21)13-17-4-2-3-5-20(17)24/h2-11,15H,12-14H2,1H3,(H,27,29). The van der Waals surface area contributed by atoms with E-state index in [1.807, 2.05) is 60.8 Å². The molecule has 0 aliphatic heterocycles. The minimum Gasteiger partial charge on any atom is -0.486 e. The molecule has 6 nitrogen and oxygen atoms in total. The fourth-order valence-electron chi connectivity index (χ4n) is 2.98. The van der Waals surface area contributed by atoms with Gasteiger partial charge in [0, 0.05) is 15.9 Å². The summed E-state index contributed by atoms with van der Waals surface area (Å²) < 4.78 is 8.53. The number of nitrogens with zero attached hydrogens (tertiary/aromatic N) is 3. The lowest BCUT2D eigenvalue weighted by Gasteiger charge is -2.10. The van der Waals surface area contributed by atoms with Crippen LogP contribution in [0.4, 0.5) is 5.82 Å². The highest BCUT2D eigenvalue weighted by molar-refractivity contribution is 9.10. The number of carbonyl (C=O) groups excluding carboxylic acids is 1. The molecule has 0 spiro atoms. The molecule has 4 aromatic rings. The van der Waals surface area contributed by atoms with Crippen LogP contribution >= 0.6 is 27.3 Å². The van der Waals surface area contributed by atoms with Crippen molar-refractivity contribution >= 4 is 39.0 Å². The number of aromatic nitrogens is 3. The summed E-state index contributed by atoms with van der Waals surface area (Å²) in [6, 6.07) is 17.6. The van der Waals surface area contributed by atoms with E-state index in [1.54, 1.807) is 16.9 Å². The van der Waals surface area contributed by atoms with Gasteiger partial charge in [0.25, 0.3) is 0 Å². The van der Waals surface area contributed by atoms with Crippen LogP contribution < -0.4 is 10.1 Å². The Bertz CT molecular complexity index is 1170. The number of aryl methyl sites for hydroxylation is 1. The minimum atomic E-state index is -0.134. The van der Waals surface area contributed by atoms with E-state index in [0.717, 1.165) is 26.5 Å². The zero-order valence-electron chi connectivity index (χ0n) is 16.9. The summed E-state index contributed by atoms with van der Waals surface area (Å²) in [5.41, 5.74) is 2.99. The van der Waals surface area contributed by atoms with Crippen molar-refractivity contribution in [3.8, 4) is 5.75 Å². The third-order valence-electron chi connectivity index (χ3n) is 4.59. The molecule has 0 atom stereocenters. The van der Waals surface area contributed by atoms with E-state index in [0.29, 0.717) is 19.0 Å². The summed E-state index contributed by atoms with van der Waals surface area (Å²) in [5.74, 6) is 1.32. The summed E-state index contributed by atoms with van der Waals surface area (Å²) in [6.07, 6.45) is 1.87. The van der Waals surface area contributed by atoms with E-state index >= 15 is 0 Å². The van der Waals surface area contributed by atoms with Gasteiger partial charge in [0.1, 0.15) is 23.2 Å². The van der Waals surface area contributed by atoms with Gasteiger partial charge in [0.15, 0.2) is 0 Å². The maximum absolute atomic E-state index is 12.5. The van der Waals surface area contributed by atoms with Gasteiger partial charge in [-0.3, -0.25) is 4.79 Å². The van der Waals surface area contributed by atoms with Crippen LogP contribution in [0.5, 0.6) is 5.75 Å². The molecule has 2 aromatic heterocycles. The summed E-state index contributed by atoms with van der Waals surface area (Å²) in [6.45, 7) is 2.98. The number of carbonyl (C=O) groups is 1. The lowest BCUT2D eigenvalue weighted by molar-refractivity contribution is -0.115. The van der Waals surface area contributed by atoms with E-state index in [9.17, 15) is 4.79 Å². The van der Waals surface area contributed by atoms with Crippen LogP contribution in [-0.2, 0) is 24.4 Å². The molecule has 8 heteroatoms. The number of hydrogen-bond donors (Lipinski definition) is 1. The number of nitrogens with one attached hydrogen (secondary N) is 1. The maximum Gasteiger partial charge on any atom is 0.231 e. The molecule has 0 radical (unpaired) electrons. The van der Waals surface area contributed by atoms with Gasteiger partial charge in [-0.1, -0.05) is 51.8 Å². The monoisotopic (exact) mass is 496 g/mol. The van der Waals surface area contributed by atoms with Gasteiger partial charge < -0.3 is 10.1 Å². The Morgan fingerprint density at radius 3 is 2.77 bits per heavy atom. The molecule has 0 aliphatic rings. The number of hydrogen-bond acceptors (Lipinski definition) is 5. The molecule has 0 unspecified atom stereocenters. The quantitative estimate of drug-likeness (QED) is 0.363. The minimum absolute atomic E-state index is 0.134. The second kappa shape index (κ2) is 9.89. The molecular weight excluding hydrogens is 476 g/mol. The molecule has 0 saturated heterocycles. The first kappa shape index (κ1) is 21.3. The lowest BCUT2D eigenvalue weighted by atomic mass is 10.2. The van der Waals surface area contributed by atoms with Crippen molar-refractivity contribution in [2.24, 2.45) is 0 Å². The van der Waals surface area contributed by atoms with E-state index in [2.05, 4.69) is 31.3 Å². The summed E-state index contributed by atoms with van der Waals surface area (Å²) in [5, 5.41) is 9.99. The van der Waals surface area contributed by atoms with Crippen molar-refractivity contribution in [3.05, 3.63) is 92.5 Å². The molecule has 4 rings (SSSR count). The molecule has 1 amide bonds. The van der Waals surface area contributed by atoms with Crippen molar-refractivity contribution in [1.82, 2.24) is 14.8 Å². The molecule has 0 saturated carbocycles. The fraction of sp³-hybridized carbons (Fsp3) is 0.174. The SMILES string of the molecule is Cc1ccc(OCc2nc(CC(=O)Nc3ccnn3Cc3ccccc3Br)cs2)cc1. The molecule has 1 N–H and O–H groups in total. The first-order valence-corrected chi connectivity index (χ1v) is 11.4. The van der Waals surface area contributed by atoms with Crippen LogP contribution in [-0.4, -0.2) is 20.7 Å². The average molecular weight is 497 g/mol. The Morgan fingerprint density at radius 1 is 1.16 bits per heavy atom. The normalized spacial score (nSPS) is 10.8. The second-order valence-corrected chi connectivity index (χ2v) is 8.82. The highest BCUT2D eigenvalue weighted by Crippen LogP contribution is 2.20. The van der Waals surface area contributed by atoms with Crippen molar-refractivity contribution in [2.75, 3.05) is 5.32 Å². The fourth-order valence-corrected chi connectivity index (χ4v) is 4.10. The number of thiazole rings is 1. The molecular formula is C23H21BrN4O2S. The van der Waals surface area contributed by atoms with Crippen LogP contribution in [0.15, 0.2) is 70.6 Å². The van der Waals surface area contributed by atoms with Gasteiger partial charge in [-0.2, -0.15) is 5.10 Å². The third kappa shape index (κ3) is 5.80. The van der Waals surface area contributed by atoms with Crippen LogP contribution in [0.3, 0.4) is 0 Å². The molecule has 158 valence electrons. The smallest absolute Gasteiger partial charge is 0.231 e. The van der Waals surface area contributed by atoms with Crippen molar-refractivity contribution < 1.29 is 9.53 Å². The molecule has 0 bridgehead atoms. The number of benzene rings is 2. The Kier molecular flexibility index (Phi) is 6.79. The Balaban J connectivity index is 1.32. The first-order valence-electron chi connectivity index (χ1n) is 9.74. The number of rotatable bonds is 8. The van der Waals surface area contributed by atoms with Gasteiger partial charge in [0.2, 0.25) is 5.91 Å². The highest BCUT2D eigenvalue weighted by atomic mass is 79.9. The predicted octanol–water partition coefficient (Wildman–Crippen LogP) is 5.22. The van der Waals surface area contributed by atoms with Crippen LogP contribution in [0.1, 0.15) is 21.8 Å². The third-order valence-corrected chi connectivity index (χ3v) is 6.23. The Morgan fingerprint density at radius 2 is 1.97 bits per heavy atom. The Labute approximate surface area is 193 Å². The number of amides is 1. The van der Waals surface area contributed by atoms with Gasteiger partial charge >= 0.3 is 0 Å². The second-order valence-electron chi connectivity index (χ2n) is 7.02. The Hall–Kier alpha value is -2.97. The number of halogens is 1. The lowest BCUT2D eigenvalue weighted by Crippen LogP contribution is -2.18. The van der Waals surface area contributed by atoms with Crippen LogP contribution in [0, 0.1) is 6.92 Å². The zero-order chi connectivity index (χ0) is 21.6.